The number of amides is 1. The molecular weight excluding hydrogens is 454 g/mol. The van der Waals surface area contributed by atoms with E-state index in [1.54, 1.807) is 50.4 Å². The zero-order chi connectivity index (χ0) is 24.7. The van der Waals surface area contributed by atoms with Gasteiger partial charge in [0.2, 0.25) is 0 Å². The fourth-order valence-electron chi connectivity index (χ4n) is 4.22. The minimum absolute atomic E-state index is 0.0773. The van der Waals surface area contributed by atoms with Gasteiger partial charge in [-0.2, -0.15) is 0 Å². The summed E-state index contributed by atoms with van der Waals surface area (Å²) in [6.07, 6.45) is 0.995. The largest absolute Gasteiger partial charge is 0.497 e. The summed E-state index contributed by atoms with van der Waals surface area (Å²) in [5.74, 6) is 0.868. The van der Waals surface area contributed by atoms with Crippen molar-refractivity contribution in [2.24, 2.45) is 5.92 Å². The topological polar surface area (TPSA) is 98.2 Å². The van der Waals surface area contributed by atoms with Gasteiger partial charge in [-0.3, -0.25) is 9.52 Å². The molecule has 1 heterocycles. The maximum absolute atomic E-state index is 13.1. The van der Waals surface area contributed by atoms with Crippen molar-refractivity contribution in [3.8, 4) is 5.75 Å². The Hall–Kier alpha value is -2.62. The van der Waals surface area contributed by atoms with Gasteiger partial charge in [0.25, 0.3) is 15.9 Å². The second-order valence-electron chi connectivity index (χ2n) is 9.12. The molecule has 186 valence electrons. The van der Waals surface area contributed by atoms with Gasteiger partial charge in [0.05, 0.1) is 31.8 Å². The van der Waals surface area contributed by atoms with Crippen molar-refractivity contribution in [2.45, 2.75) is 38.1 Å². The van der Waals surface area contributed by atoms with Gasteiger partial charge >= 0.3 is 0 Å². The molecule has 1 fully saturated rings. The van der Waals surface area contributed by atoms with E-state index < -0.39 is 10.0 Å². The number of carbonyl (C=O) groups is 1. The van der Waals surface area contributed by atoms with E-state index in [-0.39, 0.29) is 10.8 Å². The number of methoxy groups -OCH3 is 1. The van der Waals surface area contributed by atoms with Crippen molar-refractivity contribution in [2.75, 3.05) is 44.7 Å². The molecule has 0 aliphatic carbocycles. The lowest BCUT2D eigenvalue weighted by atomic mass is 10.0. The molecule has 1 aliphatic heterocycles. The van der Waals surface area contributed by atoms with Crippen molar-refractivity contribution in [1.29, 1.82) is 0 Å². The molecule has 1 amide bonds. The zero-order valence-electron chi connectivity index (χ0n) is 20.4. The molecule has 34 heavy (non-hydrogen) atoms. The smallest absolute Gasteiger partial charge is 0.262 e. The summed E-state index contributed by atoms with van der Waals surface area (Å²) < 4.78 is 39.3. The number of morpholine rings is 1. The maximum Gasteiger partial charge on any atom is 0.262 e. The number of carbonyl (C=O) groups excluding carboxylic acids is 1. The Morgan fingerprint density at radius 1 is 1.12 bits per heavy atom. The molecule has 0 radical (unpaired) electrons. The summed E-state index contributed by atoms with van der Waals surface area (Å²) >= 11 is 0. The molecule has 2 aromatic rings. The van der Waals surface area contributed by atoms with E-state index in [9.17, 15) is 13.2 Å². The number of ether oxygens (including phenoxy) is 2. The van der Waals surface area contributed by atoms with Crippen LogP contribution in [0, 0.1) is 12.8 Å². The lowest BCUT2D eigenvalue weighted by Crippen LogP contribution is -3.18. The number of sulfonamides is 1. The molecule has 8 nitrogen and oxygen atoms in total. The van der Waals surface area contributed by atoms with Gasteiger partial charge in [-0.1, -0.05) is 19.9 Å². The third-order valence-electron chi connectivity index (χ3n) is 6.06. The Balaban J connectivity index is 1.72. The summed E-state index contributed by atoms with van der Waals surface area (Å²) in [7, 11) is -2.32. The first-order chi connectivity index (χ1) is 16.2. The normalized spacial score (nSPS) is 15.7. The van der Waals surface area contributed by atoms with E-state index >= 15 is 0 Å². The van der Waals surface area contributed by atoms with E-state index in [1.165, 1.54) is 11.0 Å². The molecule has 0 aromatic heterocycles. The van der Waals surface area contributed by atoms with Crippen LogP contribution >= 0.6 is 0 Å². The molecule has 9 heteroatoms. The number of benzene rings is 2. The van der Waals surface area contributed by atoms with Gasteiger partial charge in [0.15, 0.2) is 0 Å². The highest BCUT2D eigenvalue weighted by Gasteiger charge is 2.26. The van der Waals surface area contributed by atoms with Crippen molar-refractivity contribution in [3.63, 3.8) is 0 Å². The highest BCUT2D eigenvalue weighted by molar-refractivity contribution is 7.92. The lowest BCUT2D eigenvalue weighted by Gasteiger charge is -2.32. The molecular formula is C25H36N3O5S+. The molecule has 3 N–H and O–H groups in total. The number of hydrogen-bond acceptors (Lipinski definition) is 5. The fraction of sp³-hybridized carbons (Fsp3) is 0.480. The van der Waals surface area contributed by atoms with Crippen molar-refractivity contribution in [1.82, 2.24) is 5.32 Å². The fourth-order valence-corrected chi connectivity index (χ4v) is 5.55. The molecule has 1 saturated heterocycles. The Labute approximate surface area is 202 Å². The van der Waals surface area contributed by atoms with Crippen molar-refractivity contribution in [3.05, 3.63) is 53.6 Å². The number of hydrogen-bond donors (Lipinski definition) is 3. The van der Waals surface area contributed by atoms with Gasteiger partial charge in [-0.15, -0.1) is 0 Å². The molecule has 2 aromatic carbocycles. The average molecular weight is 491 g/mol. The third kappa shape index (κ3) is 6.94. The molecule has 1 aliphatic rings. The van der Waals surface area contributed by atoms with E-state index in [1.807, 2.05) is 0 Å². The first-order valence-corrected chi connectivity index (χ1v) is 13.2. The van der Waals surface area contributed by atoms with Gasteiger partial charge in [-0.05, 0) is 54.8 Å². The summed E-state index contributed by atoms with van der Waals surface area (Å²) in [4.78, 5) is 14.5. The summed E-state index contributed by atoms with van der Waals surface area (Å²) in [6.45, 7) is 9.94. The molecule has 1 unspecified atom stereocenters. The van der Waals surface area contributed by atoms with Crippen LogP contribution in [0.4, 0.5) is 5.69 Å². The highest BCUT2D eigenvalue weighted by atomic mass is 32.2. The van der Waals surface area contributed by atoms with Crippen molar-refractivity contribution >= 4 is 21.6 Å². The second kappa shape index (κ2) is 11.7. The van der Waals surface area contributed by atoms with Crippen LogP contribution in [0.15, 0.2) is 47.4 Å². The standard InChI is InChI=1S/C25H35N3O5S/c1-18(2)15-22(28-11-13-33-14-12-28)17-26-25(29)20-6-5-19(3)24(16-20)34(30,31)27-21-7-9-23(32-4)10-8-21/h5-10,16,18,22,27H,11-15,17H2,1-4H3,(H,26,29)/p+1. The number of aryl methyl sites for hydroxylation is 1. The number of quaternary nitrogens is 1. The zero-order valence-corrected chi connectivity index (χ0v) is 21.2. The molecule has 3 rings (SSSR count). The minimum atomic E-state index is -3.87. The maximum atomic E-state index is 13.1. The van der Waals surface area contributed by atoms with E-state index in [4.69, 9.17) is 9.47 Å². The Bertz CT molecular complexity index is 1060. The second-order valence-corrected chi connectivity index (χ2v) is 10.8. The predicted molar refractivity (Wildman–Crippen MR) is 132 cm³/mol. The SMILES string of the molecule is COc1ccc(NS(=O)(=O)c2cc(C(=O)NCC(CC(C)C)[NH+]3CCOCC3)ccc2C)cc1. The van der Waals surface area contributed by atoms with Gasteiger partial charge in [0, 0.05) is 17.7 Å². The minimum Gasteiger partial charge on any atom is -0.497 e. The van der Waals surface area contributed by atoms with Gasteiger partial charge < -0.3 is 19.7 Å². The lowest BCUT2D eigenvalue weighted by molar-refractivity contribution is -0.932. The number of rotatable bonds is 10. The van der Waals surface area contributed by atoms with Crippen LogP contribution in [0.2, 0.25) is 0 Å². The van der Waals surface area contributed by atoms with Crippen molar-refractivity contribution < 1.29 is 27.6 Å². The third-order valence-corrected chi connectivity index (χ3v) is 7.58. The first-order valence-electron chi connectivity index (χ1n) is 11.7. The molecule has 0 spiro atoms. The van der Waals surface area contributed by atoms with Gasteiger partial charge in [-0.25, -0.2) is 8.42 Å². The predicted octanol–water partition coefficient (Wildman–Crippen LogP) is 1.86. The van der Waals surface area contributed by atoms with Crippen LogP contribution in [0.5, 0.6) is 5.75 Å². The quantitative estimate of drug-likeness (QED) is 0.472. The Morgan fingerprint density at radius 3 is 2.41 bits per heavy atom. The van der Waals surface area contributed by atoms with E-state index in [0.717, 1.165) is 32.7 Å². The average Bonchev–Trinajstić information content (AvgIpc) is 2.82. The molecule has 1 atom stereocenters. The molecule has 0 saturated carbocycles. The van der Waals surface area contributed by atoms with Gasteiger partial charge in [0.1, 0.15) is 24.9 Å². The highest BCUT2D eigenvalue weighted by Crippen LogP contribution is 2.22. The van der Waals surface area contributed by atoms with Crippen LogP contribution < -0.4 is 19.7 Å². The van der Waals surface area contributed by atoms with E-state index in [2.05, 4.69) is 23.9 Å². The summed E-state index contributed by atoms with van der Waals surface area (Å²) in [6, 6.07) is 11.7. The number of anilines is 1. The first kappa shape index (κ1) is 26.0. The van der Waals surface area contributed by atoms with Crippen LogP contribution in [0.1, 0.15) is 36.2 Å². The van der Waals surface area contributed by atoms with Crippen LogP contribution in [0.25, 0.3) is 0 Å². The van der Waals surface area contributed by atoms with Crippen LogP contribution in [0.3, 0.4) is 0 Å². The Morgan fingerprint density at radius 2 is 1.79 bits per heavy atom. The Kier molecular flexibility index (Phi) is 8.93. The van der Waals surface area contributed by atoms with Crippen LogP contribution in [-0.4, -0.2) is 60.3 Å². The monoisotopic (exact) mass is 490 g/mol. The van der Waals surface area contributed by atoms with E-state index in [0.29, 0.717) is 41.1 Å². The molecule has 0 bridgehead atoms. The summed E-state index contributed by atoms with van der Waals surface area (Å²) in [5, 5.41) is 3.03. The number of nitrogens with one attached hydrogen (secondary N) is 3. The summed E-state index contributed by atoms with van der Waals surface area (Å²) in [5.41, 5.74) is 1.30. The van der Waals surface area contributed by atoms with Crippen LogP contribution in [-0.2, 0) is 14.8 Å².